The van der Waals surface area contributed by atoms with E-state index in [1.165, 1.54) is 7.11 Å². The van der Waals surface area contributed by atoms with Crippen LogP contribution in [-0.4, -0.2) is 31.8 Å². The summed E-state index contributed by atoms with van der Waals surface area (Å²) in [4.78, 5) is 10.9. The van der Waals surface area contributed by atoms with Crippen LogP contribution in [0.5, 0.6) is 11.5 Å². The van der Waals surface area contributed by atoms with Crippen molar-refractivity contribution in [2.45, 2.75) is 13.8 Å². The van der Waals surface area contributed by atoms with Gasteiger partial charge in [-0.05, 0) is 37.6 Å². The molecule has 0 unspecified atom stereocenters. The minimum Gasteiger partial charge on any atom is -0.494 e. The highest BCUT2D eigenvalue weighted by molar-refractivity contribution is 7.78. The molecule has 0 aliphatic carbocycles. The van der Waals surface area contributed by atoms with Crippen LogP contribution in [0.4, 0.5) is 0 Å². The summed E-state index contributed by atoms with van der Waals surface area (Å²) in [6, 6.07) is 5.46. The zero-order valence-corrected chi connectivity index (χ0v) is 12.2. The van der Waals surface area contributed by atoms with Gasteiger partial charge in [0.1, 0.15) is 11.5 Å². The molecular weight excluding hydrogens is 266 g/mol. The molecule has 1 aromatic carbocycles. The fourth-order valence-corrected chi connectivity index (χ4v) is 1.24. The molecule has 0 atom stereocenters. The topological polar surface area (TPSA) is 70.8 Å². The Labute approximate surface area is 118 Å². The van der Waals surface area contributed by atoms with E-state index in [1.54, 1.807) is 6.07 Å². The van der Waals surface area contributed by atoms with Gasteiger partial charge in [0.05, 0.1) is 19.2 Å². The Morgan fingerprint density at radius 2 is 2.05 bits per heavy atom. The maximum atomic E-state index is 10.9. The fraction of sp³-hybridized carbons (Fsp3) is 0.385. The minimum atomic E-state index is -0.395. The zero-order chi connectivity index (χ0) is 14.7. The van der Waals surface area contributed by atoms with E-state index < -0.39 is 5.97 Å². The van der Waals surface area contributed by atoms with Crippen molar-refractivity contribution < 1.29 is 19.0 Å². The minimum absolute atomic E-state index is 0.0781. The normalized spacial score (nSPS) is 8.79. The largest absolute Gasteiger partial charge is 0.494 e. The first-order chi connectivity index (χ1) is 9.08. The Kier molecular flexibility index (Phi) is 9.16. The van der Waals surface area contributed by atoms with Gasteiger partial charge < -0.3 is 19.9 Å². The molecule has 0 bridgehead atoms. The van der Waals surface area contributed by atoms with E-state index >= 15 is 0 Å². The second-order valence-corrected chi connectivity index (χ2v) is 3.63. The molecule has 106 valence electrons. The quantitative estimate of drug-likeness (QED) is 0.657. The lowest BCUT2D eigenvalue weighted by Gasteiger charge is -2.09. The first-order valence-electron chi connectivity index (χ1n) is 5.67. The first kappa shape index (κ1) is 17.2. The van der Waals surface area contributed by atoms with Crippen LogP contribution in [0.25, 0.3) is 0 Å². The van der Waals surface area contributed by atoms with Crippen LogP contribution in [-0.2, 0) is 9.53 Å². The second kappa shape index (κ2) is 10.1. The summed E-state index contributed by atoms with van der Waals surface area (Å²) in [5.41, 5.74) is 6.55. The number of esters is 1. The first-order valence-corrected chi connectivity index (χ1v) is 6.14. The van der Waals surface area contributed by atoms with Crippen molar-refractivity contribution in [3.05, 3.63) is 23.8 Å². The number of aryl methyl sites for hydroxylation is 1. The third-order valence-electron chi connectivity index (χ3n) is 2.03. The zero-order valence-electron chi connectivity index (χ0n) is 11.3. The molecule has 0 saturated heterocycles. The molecule has 5 nitrogen and oxygen atoms in total. The van der Waals surface area contributed by atoms with Crippen LogP contribution >= 0.6 is 12.2 Å². The average Bonchev–Trinajstić information content (AvgIpc) is 2.38. The summed E-state index contributed by atoms with van der Waals surface area (Å²) in [5.74, 6) is 1.06. The molecule has 0 fully saturated rings. The van der Waals surface area contributed by atoms with E-state index in [0.29, 0.717) is 12.4 Å². The van der Waals surface area contributed by atoms with Crippen molar-refractivity contribution in [1.29, 1.82) is 0 Å². The fourth-order valence-electron chi connectivity index (χ4n) is 1.24. The standard InChI is InChI=1S/C12H16O4.CH3NS/c1-4-15-10-5-6-11(9(2)7-10)16-8-12(13)14-3;2-1-3/h5-7H,4,8H2,1-3H3;1H,(H2,2,3). The summed E-state index contributed by atoms with van der Waals surface area (Å²) < 4.78 is 15.1. The summed E-state index contributed by atoms with van der Waals surface area (Å²) in [7, 11) is 1.33. The van der Waals surface area contributed by atoms with Crippen molar-refractivity contribution in [3.8, 4) is 11.5 Å². The van der Waals surface area contributed by atoms with Crippen LogP contribution in [0.3, 0.4) is 0 Å². The average molecular weight is 285 g/mol. The molecule has 0 heterocycles. The number of thiocarbonyl (C=S) groups is 1. The van der Waals surface area contributed by atoms with Gasteiger partial charge in [-0.15, -0.1) is 0 Å². The number of nitrogens with two attached hydrogens (primary N) is 1. The van der Waals surface area contributed by atoms with Crippen molar-refractivity contribution in [3.63, 3.8) is 0 Å². The smallest absolute Gasteiger partial charge is 0.343 e. The Morgan fingerprint density at radius 3 is 2.53 bits per heavy atom. The molecule has 1 rings (SSSR count). The molecule has 0 radical (unpaired) electrons. The molecule has 0 aromatic heterocycles. The molecule has 0 saturated carbocycles. The van der Waals surface area contributed by atoms with E-state index in [9.17, 15) is 4.79 Å². The predicted octanol–water partition coefficient (Wildman–Crippen LogP) is 1.85. The molecule has 0 amide bonds. The van der Waals surface area contributed by atoms with Gasteiger partial charge in [0.2, 0.25) is 0 Å². The van der Waals surface area contributed by atoms with Gasteiger partial charge in [-0.3, -0.25) is 0 Å². The van der Waals surface area contributed by atoms with Gasteiger partial charge in [0.25, 0.3) is 0 Å². The van der Waals surface area contributed by atoms with Gasteiger partial charge >= 0.3 is 5.97 Å². The number of rotatable bonds is 5. The summed E-state index contributed by atoms with van der Waals surface area (Å²) in [5, 5.41) is 0. The predicted molar refractivity (Wildman–Crippen MR) is 77.7 cm³/mol. The third-order valence-corrected chi connectivity index (χ3v) is 2.03. The Balaban J connectivity index is 0.000000982. The van der Waals surface area contributed by atoms with E-state index in [-0.39, 0.29) is 6.61 Å². The molecule has 0 aliphatic rings. The highest BCUT2D eigenvalue weighted by Gasteiger charge is 2.05. The Morgan fingerprint density at radius 1 is 1.42 bits per heavy atom. The molecule has 0 aliphatic heterocycles. The van der Waals surface area contributed by atoms with Crippen LogP contribution < -0.4 is 15.2 Å². The van der Waals surface area contributed by atoms with Crippen LogP contribution in [0, 0.1) is 6.92 Å². The molecular formula is C13H19NO4S. The van der Waals surface area contributed by atoms with E-state index in [4.69, 9.17) is 9.47 Å². The summed E-state index contributed by atoms with van der Waals surface area (Å²) in [6.07, 6.45) is 0. The third kappa shape index (κ3) is 7.25. The molecule has 2 N–H and O–H groups in total. The van der Waals surface area contributed by atoms with Crippen molar-refractivity contribution in [2.75, 3.05) is 20.3 Å². The van der Waals surface area contributed by atoms with E-state index in [1.807, 2.05) is 26.0 Å². The number of carbonyl (C=O) groups is 1. The molecule has 1 aromatic rings. The van der Waals surface area contributed by atoms with Crippen molar-refractivity contribution in [2.24, 2.45) is 5.73 Å². The number of hydrogen-bond acceptors (Lipinski definition) is 5. The highest BCUT2D eigenvalue weighted by Crippen LogP contribution is 2.23. The monoisotopic (exact) mass is 285 g/mol. The van der Waals surface area contributed by atoms with Gasteiger partial charge in [-0.25, -0.2) is 4.79 Å². The number of carbonyl (C=O) groups excluding carboxylic acids is 1. The number of benzene rings is 1. The Hall–Kier alpha value is -1.82. The lowest BCUT2D eigenvalue weighted by atomic mass is 10.2. The van der Waals surface area contributed by atoms with E-state index in [0.717, 1.165) is 16.8 Å². The molecule has 0 spiro atoms. The number of ether oxygens (including phenoxy) is 3. The van der Waals surface area contributed by atoms with Crippen molar-refractivity contribution in [1.82, 2.24) is 0 Å². The summed E-state index contributed by atoms with van der Waals surface area (Å²) in [6.45, 7) is 4.37. The van der Waals surface area contributed by atoms with Gasteiger partial charge in [0, 0.05) is 0 Å². The van der Waals surface area contributed by atoms with Gasteiger partial charge in [0.15, 0.2) is 6.61 Å². The maximum Gasteiger partial charge on any atom is 0.343 e. The van der Waals surface area contributed by atoms with Crippen molar-refractivity contribution >= 4 is 23.7 Å². The summed E-state index contributed by atoms with van der Waals surface area (Å²) >= 11 is 4.05. The van der Waals surface area contributed by atoms with Gasteiger partial charge in [-0.2, -0.15) is 0 Å². The molecule has 19 heavy (non-hydrogen) atoms. The lowest BCUT2D eigenvalue weighted by molar-refractivity contribution is -0.142. The number of hydrogen-bond donors (Lipinski definition) is 1. The molecule has 6 heteroatoms. The van der Waals surface area contributed by atoms with Crippen LogP contribution in [0.2, 0.25) is 0 Å². The SMILES string of the molecule is CCOc1ccc(OCC(=O)OC)c(C)c1.NC=S. The van der Waals surface area contributed by atoms with Crippen LogP contribution in [0.15, 0.2) is 18.2 Å². The second-order valence-electron chi connectivity index (χ2n) is 3.36. The number of methoxy groups -OCH3 is 1. The lowest BCUT2D eigenvalue weighted by Crippen LogP contribution is -2.13. The van der Waals surface area contributed by atoms with E-state index in [2.05, 4.69) is 22.7 Å². The Bertz CT molecular complexity index is 410. The van der Waals surface area contributed by atoms with Gasteiger partial charge in [-0.1, -0.05) is 12.2 Å². The maximum absolute atomic E-state index is 10.9. The highest BCUT2D eigenvalue weighted by atomic mass is 32.1. The van der Waals surface area contributed by atoms with Crippen LogP contribution in [0.1, 0.15) is 12.5 Å².